The molecule has 7 nitrogen and oxygen atoms in total. The smallest absolute Gasteiger partial charge is 0.276 e. The van der Waals surface area contributed by atoms with Crippen molar-refractivity contribution in [2.45, 2.75) is 45.2 Å². The summed E-state index contributed by atoms with van der Waals surface area (Å²) in [5, 5.41) is 7.97. The van der Waals surface area contributed by atoms with Gasteiger partial charge in [-0.2, -0.15) is 0 Å². The number of carbonyl (C=O) groups is 2. The van der Waals surface area contributed by atoms with E-state index >= 15 is 0 Å². The Balaban J connectivity index is 2.19. The van der Waals surface area contributed by atoms with Gasteiger partial charge in [0.05, 0.1) is 11.7 Å². The SMILES string of the molecule is CN(C)C(=O)C1CCCN1C(=O)c1cn(C(C)(C)C)nn1. The summed E-state index contributed by atoms with van der Waals surface area (Å²) in [6, 6.07) is -0.382. The van der Waals surface area contributed by atoms with Crippen molar-refractivity contribution in [3.05, 3.63) is 11.9 Å². The third kappa shape index (κ3) is 3.06. The number of carbonyl (C=O) groups excluding carboxylic acids is 2. The molecule has 2 heterocycles. The molecule has 1 atom stereocenters. The topological polar surface area (TPSA) is 71.3 Å². The minimum Gasteiger partial charge on any atom is -0.347 e. The van der Waals surface area contributed by atoms with Crippen LogP contribution in [0.5, 0.6) is 0 Å². The number of hydrogen-bond donors (Lipinski definition) is 0. The summed E-state index contributed by atoms with van der Waals surface area (Å²) in [5.74, 6) is -0.257. The van der Waals surface area contributed by atoms with Crippen molar-refractivity contribution in [2.75, 3.05) is 20.6 Å². The van der Waals surface area contributed by atoms with Gasteiger partial charge in [0.15, 0.2) is 5.69 Å². The molecule has 0 saturated carbocycles. The Morgan fingerprint density at radius 2 is 2.00 bits per heavy atom. The zero-order chi connectivity index (χ0) is 15.8. The molecule has 21 heavy (non-hydrogen) atoms. The first kappa shape index (κ1) is 15.5. The van der Waals surface area contributed by atoms with Crippen molar-refractivity contribution < 1.29 is 9.59 Å². The van der Waals surface area contributed by atoms with Gasteiger partial charge in [-0.3, -0.25) is 9.59 Å². The lowest BCUT2D eigenvalue weighted by atomic mass is 10.1. The van der Waals surface area contributed by atoms with Gasteiger partial charge in [-0.1, -0.05) is 5.21 Å². The van der Waals surface area contributed by atoms with E-state index in [9.17, 15) is 9.59 Å². The molecule has 0 bridgehead atoms. The highest BCUT2D eigenvalue weighted by molar-refractivity contribution is 5.96. The fourth-order valence-corrected chi connectivity index (χ4v) is 2.40. The third-order valence-corrected chi connectivity index (χ3v) is 3.64. The standard InChI is InChI=1S/C14H23N5O2/c1-14(2,3)19-9-10(15-16-19)12(20)18-8-6-7-11(18)13(21)17(4)5/h9,11H,6-8H2,1-5H3. The van der Waals surface area contributed by atoms with Crippen molar-refractivity contribution in [1.82, 2.24) is 24.8 Å². The van der Waals surface area contributed by atoms with Gasteiger partial charge in [0.1, 0.15) is 6.04 Å². The fourth-order valence-electron chi connectivity index (χ4n) is 2.40. The van der Waals surface area contributed by atoms with Gasteiger partial charge in [0.2, 0.25) is 5.91 Å². The van der Waals surface area contributed by atoms with Gasteiger partial charge < -0.3 is 9.80 Å². The van der Waals surface area contributed by atoms with Crippen LogP contribution in [-0.2, 0) is 10.3 Å². The van der Waals surface area contributed by atoms with Crippen LogP contribution in [0.25, 0.3) is 0 Å². The molecule has 1 saturated heterocycles. The monoisotopic (exact) mass is 293 g/mol. The maximum atomic E-state index is 12.6. The predicted octanol–water partition coefficient (Wildman–Crippen LogP) is 0.726. The van der Waals surface area contributed by atoms with Gasteiger partial charge in [-0.05, 0) is 33.6 Å². The molecule has 0 N–H and O–H groups in total. The minimum atomic E-state index is -0.382. The van der Waals surface area contributed by atoms with Crippen LogP contribution in [0, 0.1) is 0 Å². The number of aromatic nitrogens is 3. The maximum Gasteiger partial charge on any atom is 0.276 e. The van der Waals surface area contributed by atoms with E-state index in [-0.39, 0.29) is 23.4 Å². The van der Waals surface area contributed by atoms with E-state index in [0.29, 0.717) is 18.7 Å². The van der Waals surface area contributed by atoms with Crippen LogP contribution < -0.4 is 0 Å². The number of rotatable bonds is 2. The van der Waals surface area contributed by atoms with E-state index in [2.05, 4.69) is 10.3 Å². The molecule has 2 rings (SSSR count). The third-order valence-electron chi connectivity index (χ3n) is 3.64. The van der Waals surface area contributed by atoms with Crippen molar-refractivity contribution in [1.29, 1.82) is 0 Å². The van der Waals surface area contributed by atoms with E-state index in [1.54, 1.807) is 29.9 Å². The summed E-state index contributed by atoms with van der Waals surface area (Å²) in [6.07, 6.45) is 3.19. The molecule has 0 aliphatic carbocycles. The Morgan fingerprint density at radius 1 is 1.33 bits per heavy atom. The predicted molar refractivity (Wildman–Crippen MR) is 77.8 cm³/mol. The fraction of sp³-hybridized carbons (Fsp3) is 0.714. The van der Waals surface area contributed by atoms with E-state index in [4.69, 9.17) is 0 Å². The lowest BCUT2D eigenvalue weighted by molar-refractivity contribution is -0.132. The molecule has 2 amide bonds. The summed E-state index contributed by atoms with van der Waals surface area (Å²) in [4.78, 5) is 27.9. The molecule has 0 spiro atoms. The van der Waals surface area contributed by atoms with E-state index < -0.39 is 0 Å². The van der Waals surface area contributed by atoms with Gasteiger partial charge in [-0.15, -0.1) is 5.10 Å². The highest BCUT2D eigenvalue weighted by Crippen LogP contribution is 2.21. The molecule has 7 heteroatoms. The van der Waals surface area contributed by atoms with Crippen molar-refractivity contribution >= 4 is 11.8 Å². The molecular formula is C14H23N5O2. The van der Waals surface area contributed by atoms with Crippen LogP contribution >= 0.6 is 0 Å². The summed E-state index contributed by atoms with van der Waals surface area (Å²) in [7, 11) is 3.42. The molecule has 0 radical (unpaired) electrons. The molecule has 0 aromatic carbocycles. The molecule has 1 aromatic rings. The molecule has 116 valence electrons. The van der Waals surface area contributed by atoms with E-state index in [1.165, 1.54) is 4.90 Å². The first-order valence-electron chi connectivity index (χ1n) is 7.17. The minimum absolute atomic E-state index is 0.0379. The second-order valence-electron chi connectivity index (χ2n) is 6.61. The van der Waals surface area contributed by atoms with Crippen LogP contribution in [0.3, 0.4) is 0 Å². The lowest BCUT2D eigenvalue weighted by Crippen LogP contribution is -2.45. The Bertz CT molecular complexity index is 544. The summed E-state index contributed by atoms with van der Waals surface area (Å²) < 4.78 is 1.67. The summed E-state index contributed by atoms with van der Waals surface area (Å²) in [5.41, 5.74) is 0.0680. The van der Waals surface area contributed by atoms with Crippen LogP contribution in [0.2, 0.25) is 0 Å². The van der Waals surface area contributed by atoms with Crippen LogP contribution in [-0.4, -0.2) is 63.3 Å². The largest absolute Gasteiger partial charge is 0.347 e. The molecule has 1 fully saturated rings. The van der Waals surface area contributed by atoms with Gasteiger partial charge in [0.25, 0.3) is 5.91 Å². The number of likely N-dealkylation sites (tertiary alicyclic amines) is 1. The van der Waals surface area contributed by atoms with Crippen LogP contribution in [0.4, 0.5) is 0 Å². The first-order valence-corrected chi connectivity index (χ1v) is 7.17. The van der Waals surface area contributed by atoms with Crippen molar-refractivity contribution in [3.63, 3.8) is 0 Å². The van der Waals surface area contributed by atoms with E-state index in [1.807, 2.05) is 20.8 Å². The highest BCUT2D eigenvalue weighted by Gasteiger charge is 2.36. The molecule has 1 aliphatic rings. The normalized spacial score (nSPS) is 18.9. The quantitative estimate of drug-likeness (QED) is 0.806. The summed E-state index contributed by atoms with van der Waals surface area (Å²) in [6.45, 7) is 6.56. The maximum absolute atomic E-state index is 12.6. The first-order chi connectivity index (χ1) is 9.71. The Hall–Kier alpha value is -1.92. The summed E-state index contributed by atoms with van der Waals surface area (Å²) >= 11 is 0. The average molecular weight is 293 g/mol. The zero-order valence-electron chi connectivity index (χ0n) is 13.3. The number of amides is 2. The van der Waals surface area contributed by atoms with Crippen molar-refractivity contribution in [3.8, 4) is 0 Å². The molecule has 1 aromatic heterocycles. The lowest BCUT2D eigenvalue weighted by Gasteiger charge is -2.25. The highest BCUT2D eigenvalue weighted by atomic mass is 16.2. The van der Waals surface area contributed by atoms with Gasteiger partial charge in [0, 0.05) is 20.6 Å². The van der Waals surface area contributed by atoms with Crippen LogP contribution in [0.15, 0.2) is 6.20 Å². The van der Waals surface area contributed by atoms with Crippen molar-refractivity contribution in [2.24, 2.45) is 0 Å². The second-order valence-corrected chi connectivity index (χ2v) is 6.61. The second kappa shape index (κ2) is 5.46. The van der Waals surface area contributed by atoms with Gasteiger partial charge in [-0.25, -0.2) is 4.68 Å². The number of likely N-dealkylation sites (N-methyl/N-ethyl adjacent to an activating group) is 1. The number of hydrogen-bond acceptors (Lipinski definition) is 4. The Labute approximate surface area is 124 Å². The average Bonchev–Trinajstić information content (AvgIpc) is 3.05. The molecule has 1 unspecified atom stereocenters. The van der Waals surface area contributed by atoms with E-state index in [0.717, 1.165) is 6.42 Å². The molecular weight excluding hydrogens is 270 g/mol. The Morgan fingerprint density at radius 3 is 2.52 bits per heavy atom. The van der Waals surface area contributed by atoms with Gasteiger partial charge >= 0.3 is 0 Å². The molecule has 1 aliphatic heterocycles. The zero-order valence-corrected chi connectivity index (χ0v) is 13.3. The Kier molecular flexibility index (Phi) is 4.02. The number of nitrogens with zero attached hydrogens (tertiary/aromatic N) is 5. The van der Waals surface area contributed by atoms with Crippen LogP contribution in [0.1, 0.15) is 44.1 Å².